The molecule has 0 aromatic heterocycles. The number of hydrogen-bond donors (Lipinski definition) is 0. The molecule has 1 aliphatic carbocycles. The molecule has 1 unspecified atom stereocenters. The molecule has 3 aromatic rings. The van der Waals surface area contributed by atoms with Gasteiger partial charge in [0.25, 0.3) is 5.79 Å². The maximum Gasteiger partial charge on any atom is 0.442 e. The third-order valence-corrected chi connectivity index (χ3v) is 7.69. The lowest BCUT2D eigenvalue weighted by atomic mass is 9.80. The Kier molecular flexibility index (Phi) is 9.03. The van der Waals surface area contributed by atoms with E-state index in [0.29, 0.717) is 51.2 Å². The van der Waals surface area contributed by atoms with E-state index in [1.807, 2.05) is 6.07 Å². The lowest BCUT2D eigenvalue weighted by Gasteiger charge is -2.36. The first-order valence-electron chi connectivity index (χ1n) is 13.0. The lowest BCUT2D eigenvalue weighted by molar-refractivity contribution is -0.379. The summed E-state index contributed by atoms with van der Waals surface area (Å²) in [6, 6.07) is 13.9. The van der Waals surface area contributed by atoms with Crippen LogP contribution in [0, 0.1) is 0 Å². The van der Waals surface area contributed by atoms with Gasteiger partial charge in [0.2, 0.25) is 0 Å². The van der Waals surface area contributed by atoms with Crippen LogP contribution in [0.4, 0.5) is 13.2 Å². The molecule has 0 amide bonds. The van der Waals surface area contributed by atoms with E-state index in [4.69, 9.17) is 37.9 Å². The largest absolute Gasteiger partial charge is 0.497 e. The van der Waals surface area contributed by atoms with Crippen LogP contribution in [0.25, 0.3) is 0 Å². The molecule has 0 heterocycles. The minimum absolute atomic E-state index is 0.389. The number of halogens is 3. The van der Waals surface area contributed by atoms with Crippen LogP contribution in [-0.4, -0.2) is 61.7 Å². The average molecular weight is 593 g/mol. The molecule has 228 valence electrons. The molecule has 3 aromatic carbocycles. The number of fused-ring (bicyclic) bond motifs is 1. The third kappa shape index (κ3) is 5.50. The van der Waals surface area contributed by atoms with Crippen molar-refractivity contribution in [3.63, 3.8) is 0 Å². The fourth-order valence-corrected chi connectivity index (χ4v) is 5.44. The van der Waals surface area contributed by atoms with E-state index in [-0.39, 0.29) is 0 Å². The second-order valence-electron chi connectivity index (χ2n) is 9.78. The second kappa shape index (κ2) is 12.2. The predicted octanol–water partition coefficient (Wildman–Crippen LogP) is 6.65. The van der Waals surface area contributed by atoms with Crippen molar-refractivity contribution >= 4 is 0 Å². The Bertz CT molecular complexity index is 1390. The summed E-state index contributed by atoms with van der Waals surface area (Å²) in [5.74, 6) is -1.61. The maximum absolute atomic E-state index is 14.4. The van der Waals surface area contributed by atoms with Gasteiger partial charge in [-0.3, -0.25) is 0 Å². The van der Waals surface area contributed by atoms with Crippen LogP contribution in [0.15, 0.2) is 48.5 Å². The fraction of sp³-hybridized carbons (Fsp3) is 0.419. The number of ether oxygens (including phenoxy) is 8. The van der Waals surface area contributed by atoms with Gasteiger partial charge >= 0.3 is 6.18 Å². The summed E-state index contributed by atoms with van der Waals surface area (Å²) in [6.07, 6.45) is -6.05. The van der Waals surface area contributed by atoms with Crippen LogP contribution in [-0.2, 0) is 9.47 Å². The van der Waals surface area contributed by atoms with Crippen molar-refractivity contribution in [3.05, 3.63) is 70.8 Å². The number of methoxy groups -OCH3 is 7. The van der Waals surface area contributed by atoms with Gasteiger partial charge in [0.05, 0.1) is 48.8 Å². The van der Waals surface area contributed by atoms with E-state index in [1.165, 1.54) is 42.7 Å². The summed E-state index contributed by atoms with van der Waals surface area (Å²) in [5, 5.41) is 0. The fourth-order valence-electron chi connectivity index (χ4n) is 5.44. The summed E-state index contributed by atoms with van der Waals surface area (Å²) in [4.78, 5) is 0. The minimum atomic E-state index is -4.86. The highest BCUT2D eigenvalue weighted by Gasteiger charge is 2.58. The van der Waals surface area contributed by atoms with Crippen LogP contribution in [0.2, 0.25) is 0 Å². The molecule has 4 atom stereocenters. The lowest BCUT2D eigenvalue weighted by Crippen LogP contribution is -2.47. The maximum atomic E-state index is 14.4. The molecule has 42 heavy (non-hydrogen) atoms. The van der Waals surface area contributed by atoms with E-state index in [2.05, 4.69) is 0 Å². The molecule has 0 radical (unpaired) electrons. The molecule has 0 N–H and O–H groups in total. The first kappa shape index (κ1) is 31.1. The van der Waals surface area contributed by atoms with Crippen LogP contribution >= 0.6 is 0 Å². The first-order chi connectivity index (χ1) is 20.0. The first-order valence-corrected chi connectivity index (χ1v) is 13.0. The number of rotatable bonds is 11. The zero-order valence-corrected chi connectivity index (χ0v) is 24.8. The molecule has 0 spiro atoms. The van der Waals surface area contributed by atoms with E-state index in [1.54, 1.807) is 42.5 Å². The molecule has 0 bridgehead atoms. The van der Waals surface area contributed by atoms with Gasteiger partial charge in [0.15, 0.2) is 11.5 Å². The topological polar surface area (TPSA) is 73.8 Å². The number of benzene rings is 3. The van der Waals surface area contributed by atoms with Crippen molar-refractivity contribution < 1.29 is 51.1 Å². The van der Waals surface area contributed by atoms with Gasteiger partial charge in [-0.2, -0.15) is 13.2 Å². The van der Waals surface area contributed by atoms with Crippen molar-refractivity contribution in [2.75, 3.05) is 49.8 Å². The third-order valence-electron chi connectivity index (χ3n) is 7.69. The summed E-state index contributed by atoms with van der Waals surface area (Å²) in [7, 11) is 9.97. The molecule has 0 saturated carbocycles. The smallest absolute Gasteiger partial charge is 0.442 e. The summed E-state index contributed by atoms with van der Waals surface area (Å²) < 4.78 is 87.7. The van der Waals surface area contributed by atoms with Crippen molar-refractivity contribution in [2.24, 2.45) is 0 Å². The summed E-state index contributed by atoms with van der Waals surface area (Å²) >= 11 is 0. The Morgan fingerprint density at radius 2 is 1.17 bits per heavy atom. The van der Waals surface area contributed by atoms with Gasteiger partial charge in [-0.25, -0.2) is 0 Å². The molecule has 8 nitrogen and oxygen atoms in total. The highest BCUT2D eigenvalue weighted by molar-refractivity contribution is 5.61. The molecule has 0 saturated heterocycles. The predicted molar refractivity (Wildman–Crippen MR) is 149 cm³/mol. The standard InChI is InChI=1S/C31H35F3O8/c1-30(41-8,31(32,33)34)42-29-22-15-21(37-4)16-25(40-7)28(22)26(17-9-10-23(38-5)24(13-17)39-6)27(29)18-11-19(35-2)14-20(12-18)36-3/h9-16,26-27,29H,1-8H3/t26-,27-,29-,30?/m1/s1. The van der Waals surface area contributed by atoms with E-state index in [9.17, 15) is 13.2 Å². The summed E-state index contributed by atoms with van der Waals surface area (Å²) in [5.41, 5.74) is 2.41. The Balaban J connectivity index is 2.10. The highest BCUT2D eigenvalue weighted by atomic mass is 19.4. The Hall–Kier alpha value is -3.83. The molecular weight excluding hydrogens is 557 g/mol. The van der Waals surface area contributed by atoms with Crippen LogP contribution in [0.3, 0.4) is 0 Å². The van der Waals surface area contributed by atoms with Gasteiger partial charge < -0.3 is 37.9 Å². The Morgan fingerprint density at radius 1 is 0.595 bits per heavy atom. The zero-order chi connectivity index (χ0) is 30.8. The van der Waals surface area contributed by atoms with Crippen LogP contribution in [0.1, 0.15) is 47.1 Å². The van der Waals surface area contributed by atoms with Gasteiger partial charge in [-0.15, -0.1) is 0 Å². The highest BCUT2D eigenvalue weighted by Crippen LogP contribution is 2.61. The quantitative estimate of drug-likeness (QED) is 0.229. The Morgan fingerprint density at radius 3 is 1.67 bits per heavy atom. The minimum Gasteiger partial charge on any atom is -0.497 e. The SMILES string of the molecule is COc1cc(OC)cc([C@@H]2[C@@H](c3ccc(OC)c(OC)c3)c3c(OC)cc(OC)cc3[C@H]2OC(C)(OC)C(F)(F)F)c1. The molecule has 0 aliphatic heterocycles. The van der Waals surface area contributed by atoms with E-state index < -0.39 is 29.9 Å². The zero-order valence-electron chi connectivity index (χ0n) is 24.8. The van der Waals surface area contributed by atoms with Gasteiger partial charge in [0.1, 0.15) is 23.0 Å². The molecule has 4 rings (SSSR count). The normalized spacial score (nSPS) is 19.5. The molecule has 0 fully saturated rings. The van der Waals surface area contributed by atoms with Crippen LogP contribution < -0.4 is 28.4 Å². The molecule has 1 aliphatic rings. The van der Waals surface area contributed by atoms with Crippen molar-refractivity contribution in [1.29, 1.82) is 0 Å². The second-order valence-corrected chi connectivity index (χ2v) is 9.78. The van der Waals surface area contributed by atoms with Crippen molar-refractivity contribution in [1.82, 2.24) is 0 Å². The average Bonchev–Trinajstić information content (AvgIpc) is 3.32. The Labute approximate surface area is 243 Å². The van der Waals surface area contributed by atoms with Gasteiger partial charge in [-0.1, -0.05) is 6.07 Å². The van der Waals surface area contributed by atoms with Crippen molar-refractivity contribution in [3.8, 4) is 34.5 Å². The van der Waals surface area contributed by atoms with Gasteiger partial charge in [0, 0.05) is 36.6 Å². The van der Waals surface area contributed by atoms with E-state index in [0.717, 1.165) is 19.6 Å². The van der Waals surface area contributed by atoms with Gasteiger partial charge in [-0.05, 0) is 53.9 Å². The molecular formula is C31H35F3O8. The monoisotopic (exact) mass is 592 g/mol. The van der Waals surface area contributed by atoms with E-state index >= 15 is 0 Å². The molecule has 11 heteroatoms. The van der Waals surface area contributed by atoms with Crippen molar-refractivity contribution in [2.45, 2.75) is 36.8 Å². The summed E-state index contributed by atoms with van der Waals surface area (Å²) in [6.45, 7) is 0.858. The number of hydrogen-bond acceptors (Lipinski definition) is 8. The van der Waals surface area contributed by atoms with Crippen LogP contribution in [0.5, 0.6) is 34.5 Å². The number of alkyl halides is 3.